The van der Waals surface area contributed by atoms with Crippen LogP contribution in [0.5, 0.6) is 0 Å². The Morgan fingerprint density at radius 1 is 1.00 bits per heavy atom. The summed E-state index contributed by atoms with van der Waals surface area (Å²) in [4.78, 5) is 5.34. The molecule has 4 heterocycles. The first-order valence-electron chi connectivity index (χ1n) is 6.57. The molecule has 4 rings (SSSR count). The second-order valence-electron chi connectivity index (χ2n) is 5.45. The van der Waals surface area contributed by atoms with Crippen molar-refractivity contribution in [2.24, 2.45) is 11.8 Å². The van der Waals surface area contributed by atoms with Gasteiger partial charge in [-0.15, -0.1) is 0 Å². The first kappa shape index (κ1) is 10.1. The van der Waals surface area contributed by atoms with E-state index in [0.717, 1.165) is 11.8 Å². The molecule has 2 bridgehead atoms. The van der Waals surface area contributed by atoms with Gasteiger partial charge >= 0.3 is 0 Å². The lowest BCUT2D eigenvalue weighted by atomic mass is 9.79. The van der Waals surface area contributed by atoms with Crippen LogP contribution in [0.25, 0.3) is 0 Å². The second-order valence-corrected chi connectivity index (χ2v) is 5.45. The van der Waals surface area contributed by atoms with Crippen molar-refractivity contribution in [1.82, 2.24) is 15.1 Å². The minimum absolute atomic E-state index is 0.977. The minimum atomic E-state index is 0.977. The van der Waals surface area contributed by atoms with Gasteiger partial charge in [0.15, 0.2) is 0 Å². The van der Waals surface area contributed by atoms with Crippen molar-refractivity contribution in [1.29, 1.82) is 0 Å². The molecule has 0 spiro atoms. The standard InChI is InChI=1S/C12H23N3/c1-5-14-6-2-11(1)12(9-14)10-15-7-3-13-4-8-15/h11-13H,1-10H2. The number of piperidine rings is 3. The molecule has 3 heteroatoms. The number of hydrogen-bond acceptors (Lipinski definition) is 3. The fourth-order valence-electron chi connectivity index (χ4n) is 3.52. The van der Waals surface area contributed by atoms with E-state index in [2.05, 4.69) is 15.1 Å². The summed E-state index contributed by atoms with van der Waals surface area (Å²) in [5.41, 5.74) is 0. The van der Waals surface area contributed by atoms with Gasteiger partial charge < -0.3 is 15.1 Å². The molecular formula is C12H23N3. The summed E-state index contributed by atoms with van der Waals surface area (Å²) in [6, 6.07) is 0. The van der Waals surface area contributed by atoms with Crippen LogP contribution >= 0.6 is 0 Å². The maximum absolute atomic E-state index is 3.43. The molecule has 15 heavy (non-hydrogen) atoms. The lowest BCUT2D eigenvalue weighted by molar-refractivity contribution is 0.0279. The summed E-state index contributed by atoms with van der Waals surface area (Å²) in [5, 5.41) is 3.43. The molecule has 0 aromatic rings. The molecule has 3 nitrogen and oxygen atoms in total. The van der Waals surface area contributed by atoms with Crippen LogP contribution in [0, 0.1) is 11.8 Å². The molecular weight excluding hydrogens is 186 g/mol. The predicted octanol–water partition coefficient (Wildman–Crippen LogP) is 0.233. The van der Waals surface area contributed by atoms with Crippen LogP contribution in [0.3, 0.4) is 0 Å². The molecule has 1 unspecified atom stereocenters. The van der Waals surface area contributed by atoms with Crippen molar-refractivity contribution >= 4 is 0 Å². The van der Waals surface area contributed by atoms with E-state index in [1.165, 1.54) is 65.2 Å². The molecule has 0 radical (unpaired) electrons. The third kappa shape index (κ3) is 2.19. The molecule has 1 atom stereocenters. The van der Waals surface area contributed by atoms with Crippen LogP contribution < -0.4 is 5.32 Å². The highest BCUT2D eigenvalue weighted by molar-refractivity contribution is 4.88. The highest BCUT2D eigenvalue weighted by atomic mass is 15.2. The van der Waals surface area contributed by atoms with Crippen LogP contribution in [0.4, 0.5) is 0 Å². The van der Waals surface area contributed by atoms with Crippen LogP contribution in [0.2, 0.25) is 0 Å². The first-order chi connectivity index (χ1) is 7.42. The summed E-state index contributed by atoms with van der Waals surface area (Å²) >= 11 is 0. The van der Waals surface area contributed by atoms with Crippen LogP contribution in [0.15, 0.2) is 0 Å². The van der Waals surface area contributed by atoms with Crippen molar-refractivity contribution in [3.8, 4) is 0 Å². The lowest BCUT2D eigenvalue weighted by Gasteiger charge is -2.46. The summed E-state index contributed by atoms with van der Waals surface area (Å²) < 4.78 is 0. The zero-order valence-corrected chi connectivity index (χ0v) is 9.62. The third-order valence-corrected chi connectivity index (χ3v) is 4.49. The quantitative estimate of drug-likeness (QED) is 0.702. The molecule has 0 aromatic carbocycles. The minimum Gasteiger partial charge on any atom is -0.314 e. The van der Waals surface area contributed by atoms with Crippen LogP contribution in [0.1, 0.15) is 12.8 Å². The van der Waals surface area contributed by atoms with Crippen LogP contribution in [-0.4, -0.2) is 62.2 Å². The smallest absolute Gasteiger partial charge is 0.0107 e. The second kappa shape index (κ2) is 4.40. The first-order valence-corrected chi connectivity index (χ1v) is 6.57. The van der Waals surface area contributed by atoms with E-state index in [0.29, 0.717) is 0 Å². The topological polar surface area (TPSA) is 18.5 Å². The number of hydrogen-bond donors (Lipinski definition) is 1. The summed E-state index contributed by atoms with van der Waals surface area (Å²) in [7, 11) is 0. The average molecular weight is 209 g/mol. The molecule has 4 aliphatic heterocycles. The van der Waals surface area contributed by atoms with Gasteiger partial charge in [0, 0.05) is 39.3 Å². The van der Waals surface area contributed by atoms with Crippen molar-refractivity contribution in [3.63, 3.8) is 0 Å². The zero-order valence-electron chi connectivity index (χ0n) is 9.62. The number of fused-ring (bicyclic) bond motifs is 3. The number of nitrogens with zero attached hydrogens (tertiary/aromatic N) is 2. The highest BCUT2D eigenvalue weighted by Crippen LogP contribution is 2.32. The molecule has 0 saturated carbocycles. The van der Waals surface area contributed by atoms with Gasteiger partial charge in [0.1, 0.15) is 0 Å². The maximum atomic E-state index is 3.43. The summed E-state index contributed by atoms with van der Waals surface area (Å²) in [5.74, 6) is 2.02. The Morgan fingerprint density at radius 2 is 1.73 bits per heavy atom. The zero-order chi connectivity index (χ0) is 10.1. The maximum Gasteiger partial charge on any atom is 0.0107 e. The monoisotopic (exact) mass is 209 g/mol. The molecule has 0 aliphatic carbocycles. The molecule has 1 N–H and O–H groups in total. The average Bonchev–Trinajstić information content (AvgIpc) is 2.32. The van der Waals surface area contributed by atoms with E-state index in [1.54, 1.807) is 0 Å². The van der Waals surface area contributed by atoms with Gasteiger partial charge in [0.2, 0.25) is 0 Å². The van der Waals surface area contributed by atoms with Gasteiger partial charge in [-0.05, 0) is 37.8 Å². The highest BCUT2D eigenvalue weighted by Gasteiger charge is 2.34. The molecule has 0 aromatic heterocycles. The molecule has 4 aliphatic rings. The van der Waals surface area contributed by atoms with Crippen molar-refractivity contribution in [3.05, 3.63) is 0 Å². The van der Waals surface area contributed by atoms with Crippen LogP contribution in [-0.2, 0) is 0 Å². The van der Waals surface area contributed by atoms with E-state index in [4.69, 9.17) is 0 Å². The van der Waals surface area contributed by atoms with Gasteiger partial charge in [-0.1, -0.05) is 0 Å². The normalized spacial score (nSPS) is 42.0. The molecule has 0 amide bonds. The molecule has 4 saturated heterocycles. The van der Waals surface area contributed by atoms with Gasteiger partial charge in [-0.2, -0.15) is 0 Å². The Bertz CT molecular complexity index is 205. The SMILES string of the molecule is C1CN(CC2CN3CCC2CC3)CCN1. The number of nitrogens with one attached hydrogen (secondary N) is 1. The molecule has 4 fully saturated rings. The van der Waals surface area contributed by atoms with E-state index in [-0.39, 0.29) is 0 Å². The fourth-order valence-corrected chi connectivity index (χ4v) is 3.52. The number of rotatable bonds is 2. The van der Waals surface area contributed by atoms with E-state index in [1.807, 2.05) is 0 Å². The van der Waals surface area contributed by atoms with E-state index < -0.39 is 0 Å². The van der Waals surface area contributed by atoms with Crippen molar-refractivity contribution in [2.45, 2.75) is 12.8 Å². The van der Waals surface area contributed by atoms with Crippen molar-refractivity contribution in [2.75, 3.05) is 52.4 Å². The van der Waals surface area contributed by atoms with Gasteiger partial charge in [-0.3, -0.25) is 0 Å². The van der Waals surface area contributed by atoms with E-state index >= 15 is 0 Å². The van der Waals surface area contributed by atoms with Gasteiger partial charge in [0.25, 0.3) is 0 Å². The van der Waals surface area contributed by atoms with E-state index in [9.17, 15) is 0 Å². The Labute approximate surface area is 92.8 Å². The van der Waals surface area contributed by atoms with Gasteiger partial charge in [0.05, 0.1) is 0 Å². The Kier molecular flexibility index (Phi) is 2.95. The van der Waals surface area contributed by atoms with Crippen molar-refractivity contribution < 1.29 is 0 Å². The fraction of sp³-hybridized carbons (Fsp3) is 1.00. The third-order valence-electron chi connectivity index (χ3n) is 4.49. The Hall–Kier alpha value is -0.120. The summed E-state index contributed by atoms with van der Waals surface area (Å²) in [6.45, 7) is 10.4. The molecule has 86 valence electrons. The lowest BCUT2D eigenvalue weighted by Crippen LogP contribution is -2.53. The number of piperazine rings is 1. The van der Waals surface area contributed by atoms with Gasteiger partial charge in [-0.25, -0.2) is 0 Å². The Balaban J connectivity index is 1.54. The predicted molar refractivity (Wildman–Crippen MR) is 62.0 cm³/mol. The summed E-state index contributed by atoms with van der Waals surface area (Å²) in [6.07, 6.45) is 2.94. The Morgan fingerprint density at radius 3 is 2.33 bits per heavy atom. The largest absolute Gasteiger partial charge is 0.314 e.